The number of rotatable bonds is 2. The second-order valence-electron chi connectivity index (χ2n) is 8.24. The second kappa shape index (κ2) is 5.58. The highest BCUT2D eigenvalue weighted by Crippen LogP contribution is 2.59. The Labute approximate surface area is 151 Å². The lowest BCUT2D eigenvalue weighted by Gasteiger charge is -2.48. The van der Waals surface area contributed by atoms with Crippen LogP contribution in [0.25, 0.3) is 0 Å². The third kappa shape index (κ3) is 2.39. The predicted octanol–water partition coefficient (Wildman–Crippen LogP) is 4.05. The molecule has 1 N–H and O–H groups in total. The number of hydrogen-bond donors (Lipinski definition) is 1. The molecule has 7 heteroatoms. The Morgan fingerprint density at radius 1 is 1.19 bits per heavy atom. The number of ketones is 1. The van der Waals surface area contributed by atoms with E-state index in [0.717, 1.165) is 42.9 Å². The van der Waals surface area contributed by atoms with Gasteiger partial charge < -0.3 is 0 Å². The van der Waals surface area contributed by atoms with Gasteiger partial charge in [0.25, 0.3) is 0 Å². The van der Waals surface area contributed by atoms with Crippen molar-refractivity contribution in [2.45, 2.75) is 56.6 Å². The molecule has 1 aromatic carbocycles. The summed E-state index contributed by atoms with van der Waals surface area (Å²) in [5.41, 5.74) is 0.808. The topological polar surface area (TPSA) is 71.4 Å². The molecule has 1 aromatic rings. The average Bonchev–Trinajstić information content (AvgIpc) is 2.88. The SMILES string of the molecule is C[C@]12CC[C@@H]3c4ccc(C(F)(F)S(=O)(=O)O)cc4CC[C@H]3[C@@H]1CCC2=O. The minimum Gasteiger partial charge on any atom is -0.299 e. The van der Waals surface area contributed by atoms with E-state index in [1.807, 2.05) is 0 Å². The molecule has 3 aliphatic rings. The van der Waals surface area contributed by atoms with E-state index in [4.69, 9.17) is 4.55 Å². The van der Waals surface area contributed by atoms with Gasteiger partial charge in [0.05, 0.1) is 0 Å². The van der Waals surface area contributed by atoms with E-state index in [-0.39, 0.29) is 11.3 Å². The first-order chi connectivity index (χ1) is 12.1. The third-order valence-corrected chi connectivity index (χ3v) is 7.98. The highest BCUT2D eigenvalue weighted by atomic mass is 32.2. The van der Waals surface area contributed by atoms with Crippen molar-refractivity contribution < 1.29 is 26.5 Å². The molecule has 26 heavy (non-hydrogen) atoms. The Bertz CT molecular complexity index is 880. The number of halogens is 2. The molecular weight excluding hydrogens is 362 g/mol. The highest BCUT2D eigenvalue weighted by Gasteiger charge is 2.54. The molecule has 2 saturated carbocycles. The van der Waals surface area contributed by atoms with Gasteiger partial charge in [-0.15, -0.1) is 0 Å². The zero-order valence-electron chi connectivity index (χ0n) is 14.5. The number of fused-ring (bicyclic) bond motifs is 5. The lowest BCUT2D eigenvalue weighted by molar-refractivity contribution is -0.129. The van der Waals surface area contributed by atoms with Gasteiger partial charge in [-0.25, -0.2) is 0 Å². The highest BCUT2D eigenvalue weighted by molar-refractivity contribution is 7.86. The maximum Gasteiger partial charge on any atom is 0.395 e. The molecule has 4 nitrogen and oxygen atoms in total. The number of alkyl halides is 2. The van der Waals surface area contributed by atoms with E-state index in [1.54, 1.807) is 6.07 Å². The Balaban J connectivity index is 1.69. The van der Waals surface area contributed by atoms with Crippen LogP contribution in [0.15, 0.2) is 18.2 Å². The summed E-state index contributed by atoms with van der Waals surface area (Å²) in [5.74, 6) is 1.31. The molecule has 0 heterocycles. The Hall–Kier alpha value is -1.34. The minimum atomic E-state index is -5.50. The van der Waals surface area contributed by atoms with Crippen molar-refractivity contribution in [3.8, 4) is 0 Å². The normalized spacial score (nSPS) is 34.2. The van der Waals surface area contributed by atoms with Crippen LogP contribution >= 0.6 is 0 Å². The van der Waals surface area contributed by atoms with Crippen LogP contribution in [0.1, 0.15) is 61.6 Å². The Morgan fingerprint density at radius 3 is 2.62 bits per heavy atom. The summed E-state index contributed by atoms with van der Waals surface area (Å²) >= 11 is 0. The van der Waals surface area contributed by atoms with Gasteiger partial charge >= 0.3 is 15.4 Å². The second-order valence-corrected chi connectivity index (χ2v) is 9.70. The Morgan fingerprint density at radius 2 is 1.92 bits per heavy atom. The van der Waals surface area contributed by atoms with E-state index in [0.29, 0.717) is 30.5 Å². The maximum absolute atomic E-state index is 14.0. The molecule has 4 atom stereocenters. The van der Waals surface area contributed by atoms with Crippen molar-refractivity contribution in [2.75, 3.05) is 0 Å². The summed E-state index contributed by atoms with van der Waals surface area (Å²) in [7, 11) is -5.50. The van der Waals surface area contributed by atoms with Crippen molar-refractivity contribution in [1.82, 2.24) is 0 Å². The van der Waals surface area contributed by atoms with Gasteiger partial charge in [0.1, 0.15) is 5.78 Å². The monoisotopic (exact) mass is 384 g/mol. The van der Waals surface area contributed by atoms with Crippen LogP contribution in [0, 0.1) is 17.3 Å². The van der Waals surface area contributed by atoms with Crippen LogP contribution in [0.3, 0.4) is 0 Å². The van der Waals surface area contributed by atoms with Crippen LogP contribution < -0.4 is 0 Å². The van der Waals surface area contributed by atoms with Crippen LogP contribution in [0.2, 0.25) is 0 Å². The van der Waals surface area contributed by atoms with Crippen LogP contribution in [0.4, 0.5) is 8.78 Å². The van der Waals surface area contributed by atoms with Crippen LogP contribution in [-0.2, 0) is 26.6 Å². The van der Waals surface area contributed by atoms with Crippen molar-refractivity contribution in [3.05, 3.63) is 34.9 Å². The number of benzene rings is 1. The average molecular weight is 384 g/mol. The van der Waals surface area contributed by atoms with Crippen LogP contribution in [-0.4, -0.2) is 18.8 Å². The summed E-state index contributed by atoms with van der Waals surface area (Å²) in [6.07, 6.45) is 4.63. The lowest BCUT2D eigenvalue weighted by Crippen LogP contribution is -2.42. The van der Waals surface area contributed by atoms with Gasteiger partial charge in [-0.2, -0.15) is 17.2 Å². The fourth-order valence-corrected chi connectivity index (χ4v) is 6.11. The molecule has 2 fully saturated rings. The van der Waals surface area contributed by atoms with Gasteiger partial charge in [0, 0.05) is 17.4 Å². The maximum atomic E-state index is 14.0. The molecule has 0 aliphatic heterocycles. The number of carbonyl (C=O) groups is 1. The fraction of sp³-hybridized carbons (Fsp3) is 0.632. The molecule has 142 valence electrons. The third-order valence-electron chi connectivity index (χ3n) is 7.10. The summed E-state index contributed by atoms with van der Waals surface area (Å²) < 4.78 is 58.8. The van der Waals surface area contributed by atoms with Crippen molar-refractivity contribution in [3.63, 3.8) is 0 Å². The number of Topliss-reactive ketones (excluding diaryl/α,β-unsaturated/α-hetero) is 1. The number of carbonyl (C=O) groups excluding carboxylic acids is 1. The number of hydrogen-bond acceptors (Lipinski definition) is 3. The quantitative estimate of drug-likeness (QED) is 0.781. The Kier molecular flexibility index (Phi) is 3.87. The zero-order valence-corrected chi connectivity index (χ0v) is 15.4. The van der Waals surface area contributed by atoms with Gasteiger partial charge in [-0.3, -0.25) is 9.35 Å². The summed E-state index contributed by atoms with van der Waals surface area (Å²) in [4.78, 5) is 12.3. The molecule has 0 aromatic heterocycles. The number of aryl methyl sites for hydroxylation is 1. The standard InChI is InChI=1S/C19H22F2O4S/c1-18-9-8-14-13-5-3-12(19(20,21)26(23,24)25)10-11(13)2-4-15(14)16(18)6-7-17(18)22/h3,5,10,14-16H,2,4,6-9H2,1H3,(H,23,24,25)/t14-,15-,16+,18+/m1/s1. The van der Waals surface area contributed by atoms with E-state index in [1.165, 1.54) is 6.07 Å². The van der Waals surface area contributed by atoms with Crippen molar-refractivity contribution in [2.24, 2.45) is 17.3 Å². The summed E-state index contributed by atoms with van der Waals surface area (Å²) in [5, 5.41) is -4.30. The smallest absolute Gasteiger partial charge is 0.299 e. The minimum absolute atomic E-state index is 0.233. The first-order valence-electron chi connectivity index (χ1n) is 9.07. The van der Waals surface area contributed by atoms with Crippen LogP contribution in [0.5, 0.6) is 0 Å². The van der Waals surface area contributed by atoms with E-state index >= 15 is 0 Å². The molecule has 0 unspecified atom stereocenters. The molecule has 0 bridgehead atoms. The first kappa shape index (κ1) is 18.0. The molecule has 0 radical (unpaired) electrons. The largest absolute Gasteiger partial charge is 0.395 e. The molecule has 0 saturated heterocycles. The predicted molar refractivity (Wildman–Crippen MR) is 91.5 cm³/mol. The molecule has 0 spiro atoms. The van der Waals surface area contributed by atoms with Gasteiger partial charge in [0.2, 0.25) is 0 Å². The summed E-state index contributed by atoms with van der Waals surface area (Å²) in [6.45, 7) is 2.08. The molecule has 3 aliphatic carbocycles. The van der Waals surface area contributed by atoms with Crippen molar-refractivity contribution >= 4 is 15.9 Å². The van der Waals surface area contributed by atoms with E-state index < -0.39 is 20.9 Å². The zero-order chi connectivity index (χ0) is 18.9. The van der Waals surface area contributed by atoms with E-state index in [2.05, 4.69) is 6.92 Å². The molecule has 0 amide bonds. The first-order valence-corrected chi connectivity index (χ1v) is 10.5. The fourth-order valence-electron chi connectivity index (χ4n) is 5.68. The molecular formula is C19H22F2O4S. The van der Waals surface area contributed by atoms with Gasteiger partial charge in [-0.05, 0) is 67.1 Å². The van der Waals surface area contributed by atoms with Gasteiger partial charge in [0.15, 0.2) is 0 Å². The summed E-state index contributed by atoms with van der Waals surface area (Å²) in [6, 6.07) is 3.94. The lowest BCUT2D eigenvalue weighted by atomic mass is 9.55. The van der Waals surface area contributed by atoms with E-state index in [9.17, 15) is 22.0 Å². The van der Waals surface area contributed by atoms with Gasteiger partial charge in [-0.1, -0.05) is 19.1 Å². The molecule has 4 rings (SSSR count). The van der Waals surface area contributed by atoms with Crippen molar-refractivity contribution in [1.29, 1.82) is 0 Å².